The topological polar surface area (TPSA) is 30.7 Å². The van der Waals surface area contributed by atoms with Gasteiger partial charge in [0.05, 0.1) is 5.52 Å². The Kier molecular flexibility index (Phi) is 1.06. The van der Waals surface area contributed by atoms with Crippen LogP contribution in [0.15, 0.2) is 18.2 Å². The molecular formula is C9H9N3. The minimum Gasteiger partial charge on any atom is -0.244 e. The number of benzene rings is 1. The highest BCUT2D eigenvalue weighted by molar-refractivity contribution is 5.78. The Morgan fingerprint density at radius 1 is 1.33 bits per heavy atom. The van der Waals surface area contributed by atoms with Crippen LogP contribution in [0, 0.1) is 0 Å². The molecule has 3 nitrogen and oxygen atoms in total. The standard InChI is InChI=1S/C9H9N3/c1-3-7-4-2-6-12-9(7)8(5-1)10-11-12/h1,3,5H,2,4,6H2. The van der Waals surface area contributed by atoms with E-state index in [1.165, 1.54) is 23.9 Å². The molecule has 0 N–H and O–H groups in total. The van der Waals surface area contributed by atoms with Crippen LogP contribution >= 0.6 is 0 Å². The summed E-state index contributed by atoms with van der Waals surface area (Å²) in [6.45, 7) is 1.02. The molecule has 1 aliphatic heterocycles. The van der Waals surface area contributed by atoms with Crippen molar-refractivity contribution < 1.29 is 0 Å². The molecule has 0 spiro atoms. The molecule has 0 bridgehead atoms. The predicted molar refractivity (Wildman–Crippen MR) is 45.8 cm³/mol. The van der Waals surface area contributed by atoms with Crippen LogP contribution in [0.4, 0.5) is 0 Å². The zero-order chi connectivity index (χ0) is 7.97. The average Bonchev–Trinajstić information content (AvgIpc) is 2.52. The molecule has 2 heterocycles. The average molecular weight is 159 g/mol. The van der Waals surface area contributed by atoms with Crippen molar-refractivity contribution >= 4 is 11.0 Å². The van der Waals surface area contributed by atoms with Gasteiger partial charge in [-0.25, -0.2) is 4.68 Å². The fourth-order valence-corrected chi connectivity index (χ4v) is 1.88. The first-order valence-electron chi connectivity index (χ1n) is 4.26. The van der Waals surface area contributed by atoms with Gasteiger partial charge in [-0.1, -0.05) is 17.3 Å². The number of hydrogen-bond donors (Lipinski definition) is 0. The molecule has 0 aliphatic carbocycles. The Morgan fingerprint density at radius 2 is 2.33 bits per heavy atom. The van der Waals surface area contributed by atoms with Gasteiger partial charge in [0, 0.05) is 6.54 Å². The normalized spacial score (nSPS) is 15.3. The van der Waals surface area contributed by atoms with Crippen molar-refractivity contribution in [1.29, 1.82) is 0 Å². The maximum absolute atomic E-state index is 4.10. The minimum absolute atomic E-state index is 1.02. The lowest BCUT2D eigenvalue weighted by Crippen LogP contribution is -2.08. The van der Waals surface area contributed by atoms with E-state index in [0.29, 0.717) is 0 Å². The van der Waals surface area contributed by atoms with Gasteiger partial charge in [0.2, 0.25) is 0 Å². The van der Waals surface area contributed by atoms with Crippen molar-refractivity contribution in [2.75, 3.05) is 0 Å². The summed E-state index contributed by atoms with van der Waals surface area (Å²) in [6, 6.07) is 6.25. The second kappa shape index (κ2) is 2.06. The van der Waals surface area contributed by atoms with Crippen molar-refractivity contribution in [1.82, 2.24) is 15.0 Å². The van der Waals surface area contributed by atoms with Crippen LogP contribution in [-0.4, -0.2) is 15.0 Å². The molecule has 3 rings (SSSR count). The van der Waals surface area contributed by atoms with E-state index in [1.54, 1.807) is 0 Å². The molecule has 12 heavy (non-hydrogen) atoms. The molecule has 0 amide bonds. The lowest BCUT2D eigenvalue weighted by atomic mass is 10.1. The Morgan fingerprint density at radius 3 is 3.33 bits per heavy atom. The van der Waals surface area contributed by atoms with Crippen molar-refractivity contribution in [3.8, 4) is 0 Å². The number of nitrogens with zero attached hydrogens (tertiary/aromatic N) is 3. The molecule has 0 saturated heterocycles. The summed E-state index contributed by atoms with van der Waals surface area (Å²) >= 11 is 0. The Balaban J connectivity index is 2.50. The lowest BCUT2D eigenvalue weighted by Gasteiger charge is -2.11. The van der Waals surface area contributed by atoms with Gasteiger partial charge in [0.1, 0.15) is 5.52 Å². The van der Waals surface area contributed by atoms with E-state index in [2.05, 4.69) is 22.4 Å². The van der Waals surface area contributed by atoms with Gasteiger partial charge in [0.25, 0.3) is 0 Å². The number of aromatic nitrogens is 3. The monoisotopic (exact) mass is 159 g/mol. The van der Waals surface area contributed by atoms with Crippen LogP contribution in [0.25, 0.3) is 11.0 Å². The van der Waals surface area contributed by atoms with Crippen molar-refractivity contribution in [3.05, 3.63) is 23.8 Å². The molecular weight excluding hydrogens is 150 g/mol. The fourth-order valence-electron chi connectivity index (χ4n) is 1.88. The van der Waals surface area contributed by atoms with Gasteiger partial charge >= 0.3 is 0 Å². The minimum atomic E-state index is 1.02. The zero-order valence-corrected chi connectivity index (χ0v) is 6.70. The van der Waals surface area contributed by atoms with E-state index in [0.717, 1.165) is 12.1 Å². The SMILES string of the molecule is c1cc2c3c(c1)nnn3CCC2. The number of hydrogen-bond acceptors (Lipinski definition) is 2. The van der Waals surface area contributed by atoms with E-state index in [1.807, 2.05) is 10.7 Å². The first kappa shape index (κ1) is 6.17. The Labute approximate surface area is 70.0 Å². The van der Waals surface area contributed by atoms with E-state index >= 15 is 0 Å². The van der Waals surface area contributed by atoms with Gasteiger partial charge in [-0.15, -0.1) is 5.10 Å². The van der Waals surface area contributed by atoms with Crippen molar-refractivity contribution in [2.24, 2.45) is 0 Å². The van der Waals surface area contributed by atoms with Crippen molar-refractivity contribution in [3.63, 3.8) is 0 Å². The first-order valence-corrected chi connectivity index (χ1v) is 4.26. The van der Waals surface area contributed by atoms with E-state index in [9.17, 15) is 0 Å². The molecule has 0 fully saturated rings. The third-order valence-corrected chi connectivity index (χ3v) is 2.43. The van der Waals surface area contributed by atoms with Crippen LogP contribution in [0.5, 0.6) is 0 Å². The summed E-state index contributed by atoms with van der Waals surface area (Å²) in [7, 11) is 0. The number of aryl methyl sites for hydroxylation is 2. The largest absolute Gasteiger partial charge is 0.244 e. The van der Waals surface area contributed by atoms with E-state index in [4.69, 9.17) is 0 Å². The molecule has 1 aliphatic rings. The molecule has 0 radical (unpaired) electrons. The van der Waals surface area contributed by atoms with Crippen LogP contribution in [-0.2, 0) is 13.0 Å². The van der Waals surface area contributed by atoms with Gasteiger partial charge in [0.15, 0.2) is 0 Å². The maximum Gasteiger partial charge on any atom is 0.113 e. The molecule has 2 aromatic rings. The molecule has 0 unspecified atom stereocenters. The predicted octanol–water partition coefficient (Wildman–Crippen LogP) is 1.38. The summed E-state index contributed by atoms with van der Waals surface area (Å²) in [4.78, 5) is 0. The Hall–Kier alpha value is -1.38. The van der Waals surface area contributed by atoms with Gasteiger partial charge in [-0.2, -0.15) is 0 Å². The van der Waals surface area contributed by atoms with Crippen LogP contribution in [0.3, 0.4) is 0 Å². The van der Waals surface area contributed by atoms with Crippen molar-refractivity contribution in [2.45, 2.75) is 19.4 Å². The highest BCUT2D eigenvalue weighted by Gasteiger charge is 2.12. The van der Waals surface area contributed by atoms with Crippen LogP contribution < -0.4 is 0 Å². The van der Waals surface area contributed by atoms with E-state index in [-0.39, 0.29) is 0 Å². The molecule has 1 aromatic heterocycles. The smallest absolute Gasteiger partial charge is 0.113 e. The highest BCUT2D eigenvalue weighted by atomic mass is 15.4. The highest BCUT2D eigenvalue weighted by Crippen LogP contribution is 2.22. The van der Waals surface area contributed by atoms with Crippen LogP contribution in [0.2, 0.25) is 0 Å². The quantitative estimate of drug-likeness (QED) is 0.581. The third-order valence-electron chi connectivity index (χ3n) is 2.43. The molecule has 3 heteroatoms. The molecule has 60 valence electrons. The molecule has 1 aromatic carbocycles. The second-order valence-electron chi connectivity index (χ2n) is 3.20. The zero-order valence-electron chi connectivity index (χ0n) is 6.70. The van der Waals surface area contributed by atoms with Gasteiger partial charge in [-0.3, -0.25) is 0 Å². The van der Waals surface area contributed by atoms with E-state index < -0.39 is 0 Å². The van der Waals surface area contributed by atoms with Crippen LogP contribution in [0.1, 0.15) is 12.0 Å². The lowest BCUT2D eigenvalue weighted by molar-refractivity contribution is 0.554. The fraction of sp³-hybridized carbons (Fsp3) is 0.333. The summed E-state index contributed by atoms with van der Waals surface area (Å²) < 4.78 is 2.01. The molecule has 0 saturated carbocycles. The molecule has 0 atom stereocenters. The summed E-state index contributed by atoms with van der Waals surface area (Å²) in [6.07, 6.45) is 2.36. The maximum atomic E-state index is 4.10. The number of para-hydroxylation sites is 1. The van der Waals surface area contributed by atoms with Gasteiger partial charge < -0.3 is 0 Å². The Bertz CT molecular complexity index is 430. The summed E-state index contributed by atoms with van der Waals surface area (Å²) in [5.41, 5.74) is 3.67. The van der Waals surface area contributed by atoms with Gasteiger partial charge in [-0.05, 0) is 24.5 Å². The third kappa shape index (κ3) is 0.656. The second-order valence-corrected chi connectivity index (χ2v) is 3.20. The summed E-state index contributed by atoms with van der Waals surface area (Å²) in [5, 5.41) is 8.20. The summed E-state index contributed by atoms with van der Waals surface area (Å²) in [5.74, 6) is 0. The first-order chi connectivity index (χ1) is 5.95. The number of rotatable bonds is 0.